The minimum absolute atomic E-state index is 0.0984. The SMILES string of the molecule is CNCC1(C)CC(C)=NO1. The normalized spacial score (nSPS) is 31.7. The third kappa shape index (κ3) is 1.48. The van der Waals surface area contributed by atoms with Crippen LogP contribution < -0.4 is 5.32 Å². The zero-order chi connectivity index (χ0) is 7.61. The van der Waals surface area contributed by atoms with E-state index in [2.05, 4.69) is 17.4 Å². The summed E-state index contributed by atoms with van der Waals surface area (Å²) in [5.41, 5.74) is 0.983. The second kappa shape index (κ2) is 2.58. The smallest absolute Gasteiger partial charge is 0.152 e. The van der Waals surface area contributed by atoms with Crippen molar-refractivity contribution in [3.63, 3.8) is 0 Å². The predicted octanol–water partition coefficient (Wildman–Crippen LogP) is 0.761. The Morgan fingerprint density at radius 2 is 2.50 bits per heavy atom. The van der Waals surface area contributed by atoms with E-state index in [0.717, 1.165) is 18.7 Å². The highest BCUT2D eigenvalue weighted by atomic mass is 16.7. The lowest BCUT2D eigenvalue weighted by Gasteiger charge is -2.20. The van der Waals surface area contributed by atoms with Crippen molar-refractivity contribution in [2.24, 2.45) is 5.16 Å². The summed E-state index contributed by atoms with van der Waals surface area (Å²) < 4.78 is 0. The molecule has 3 heteroatoms. The van der Waals surface area contributed by atoms with Crippen molar-refractivity contribution in [2.75, 3.05) is 13.6 Å². The highest BCUT2D eigenvalue weighted by molar-refractivity contribution is 5.83. The summed E-state index contributed by atoms with van der Waals surface area (Å²) in [7, 11) is 1.92. The average Bonchev–Trinajstić information content (AvgIpc) is 2.12. The summed E-state index contributed by atoms with van der Waals surface area (Å²) in [4.78, 5) is 5.22. The molecule has 0 amide bonds. The van der Waals surface area contributed by atoms with Crippen LogP contribution in [0.2, 0.25) is 0 Å². The molecule has 0 radical (unpaired) electrons. The largest absolute Gasteiger partial charge is 0.388 e. The molecule has 0 aromatic carbocycles. The topological polar surface area (TPSA) is 33.6 Å². The molecule has 1 rings (SSSR count). The van der Waals surface area contributed by atoms with Gasteiger partial charge < -0.3 is 10.2 Å². The average molecular weight is 142 g/mol. The minimum Gasteiger partial charge on any atom is -0.388 e. The first-order valence-electron chi connectivity index (χ1n) is 3.52. The van der Waals surface area contributed by atoms with Crippen LogP contribution in [0.3, 0.4) is 0 Å². The summed E-state index contributed by atoms with van der Waals surface area (Å²) in [5.74, 6) is 0. The number of hydrogen-bond donors (Lipinski definition) is 1. The van der Waals surface area contributed by atoms with Crippen molar-refractivity contribution >= 4 is 5.71 Å². The Morgan fingerprint density at radius 1 is 1.80 bits per heavy atom. The van der Waals surface area contributed by atoms with Gasteiger partial charge in [0.05, 0.1) is 5.71 Å². The second-order valence-corrected chi connectivity index (χ2v) is 3.07. The fraction of sp³-hybridized carbons (Fsp3) is 0.857. The fourth-order valence-electron chi connectivity index (χ4n) is 1.26. The van der Waals surface area contributed by atoms with Gasteiger partial charge in [-0.1, -0.05) is 5.16 Å². The molecule has 0 aromatic heterocycles. The van der Waals surface area contributed by atoms with E-state index < -0.39 is 0 Å². The fourth-order valence-corrected chi connectivity index (χ4v) is 1.26. The van der Waals surface area contributed by atoms with Crippen LogP contribution in [0.4, 0.5) is 0 Å². The van der Waals surface area contributed by atoms with Crippen molar-refractivity contribution in [3.8, 4) is 0 Å². The third-order valence-electron chi connectivity index (χ3n) is 1.60. The highest BCUT2D eigenvalue weighted by Gasteiger charge is 2.31. The number of nitrogens with zero attached hydrogens (tertiary/aromatic N) is 1. The Bertz CT molecular complexity index is 156. The van der Waals surface area contributed by atoms with Crippen LogP contribution in [-0.2, 0) is 4.84 Å². The van der Waals surface area contributed by atoms with Crippen LogP contribution in [0.25, 0.3) is 0 Å². The van der Waals surface area contributed by atoms with Gasteiger partial charge in [-0.05, 0) is 20.9 Å². The van der Waals surface area contributed by atoms with E-state index in [0.29, 0.717) is 0 Å². The van der Waals surface area contributed by atoms with Gasteiger partial charge in [0.25, 0.3) is 0 Å². The molecule has 1 atom stereocenters. The van der Waals surface area contributed by atoms with Crippen LogP contribution in [0.5, 0.6) is 0 Å². The van der Waals surface area contributed by atoms with Gasteiger partial charge in [-0.25, -0.2) is 0 Å². The molecular formula is C7H14N2O. The van der Waals surface area contributed by atoms with E-state index in [9.17, 15) is 0 Å². The third-order valence-corrected chi connectivity index (χ3v) is 1.60. The molecule has 0 saturated heterocycles. The van der Waals surface area contributed by atoms with Crippen molar-refractivity contribution in [3.05, 3.63) is 0 Å². The number of oxime groups is 1. The molecule has 1 unspecified atom stereocenters. The van der Waals surface area contributed by atoms with Gasteiger partial charge in [0.15, 0.2) is 5.60 Å². The molecule has 1 aliphatic heterocycles. The van der Waals surface area contributed by atoms with Crippen molar-refractivity contribution < 1.29 is 4.84 Å². The maximum absolute atomic E-state index is 5.22. The maximum Gasteiger partial charge on any atom is 0.152 e. The zero-order valence-electron chi connectivity index (χ0n) is 6.77. The highest BCUT2D eigenvalue weighted by Crippen LogP contribution is 2.21. The van der Waals surface area contributed by atoms with Gasteiger partial charge in [0, 0.05) is 13.0 Å². The van der Waals surface area contributed by atoms with E-state index in [1.165, 1.54) is 0 Å². The lowest BCUT2D eigenvalue weighted by molar-refractivity contribution is -0.000963. The van der Waals surface area contributed by atoms with E-state index in [1.807, 2.05) is 14.0 Å². The monoisotopic (exact) mass is 142 g/mol. The Kier molecular flexibility index (Phi) is 1.94. The Morgan fingerprint density at radius 3 is 2.90 bits per heavy atom. The molecule has 3 nitrogen and oxygen atoms in total. The Hall–Kier alpha value is -0.570. The number of likely N-dealkylation sites (N-methyl/N-ethyl adjacent to an activating group) is 1. The Labute approximate surface area is 61.4 Å². The van der Waals surface area contributed by atoms with Crippen LogP contribution in [0, 0.1) is 0 Å². The summed E-state index contributed by atoms with van der Waals surface area (Å²) >= 11 is 0. The molecule has 0 bridgehead atoms. The first kappa shape index (κ1) is 7.54. The molecular weight excluding hydrogens is 128 g/mol. The minimum atomic E-state index is -0.0984. The van der Waals surface area contributed by atoms with Crippen molar-refractivity contribution in [1.29, 1.82) is 0 Å². The molecule has 1 N–H and O–H groups in total. The van der Waals surface area contributed by atoms with Gasteiger partial charge >= 0.3 is 0 Å². The molecule has 0 aliphatic carbocycles. The lowest BCUT2D eigenvalue weighted by Crippen LogP contribution is -2.36. The molecule has 0 spiro atoms. The van der Waals surface area contributed by atoms with Crippen molar-refractivity contribution in [2.45, 2.75) is 25.9 Å². The quantitative estimate of drug-likeness (QED) is 0.617. The van der Waals surface area contributed by atoms with Gasteiger partial charge in [-0.15, -0.1) is 0 Å². The van der Waals surface area contributed by atoms with E-state index in [-0.39, 0.29) is 5.60 Å². The summed E-state index contributed by atoms with van der Waals surface area (Å²) in [6, 6.07) is 0. The lowest BCUT2D eigenvalue weighted by atomic mass is 10.0. The number of hydrogen-bond acceptors (Lipinski definition) is 3. The number of rotatable bonds is 2. The van der Waals surface area contributed by atoms with Crippen LogP contribution in [0.15, 0.2) is 5.16 Å². The van der Waals surface area contributed by atoms with Gasteiger partial charge in [0.1, 0.15) is 0 Å². The summed E-state index contributed by atoms with van der Waals surface area (Å²) in [6.45, 7) is 4.90. The van der Waals surface area contributed by atoms with Crippen LogP contribution in [-0.4, -0.2) is 24.9 Å². The summed E-state index contributed by atoms with van der Waals surface area (Å²) in [5, 5.41) is 6.96. The predicted molar refractivity (Wildman–Crippen MR) is 41.1 cm³/mol. The molecule has 0 saturated carbocycles. The first-order valence-corrected chi connectivity index (χ1v) is 3.52. The standard InChI is InChI=1S/C7H14N2O/c1-6-4-7(2,5-8-3)10-9-6/h8H,4-5H2,1-3H3. The summed E-state index contributed by atoms with van der Waals surface area (Å²) in [6.07, 6.45) is 0.938. The Balaban J connectivity index is 2.44. The van der Waals surface area contributed by atoms with Gasteiger partial charge in [-0.2, -0.15) is 0 Å². The first-order chi connectivity index (χ1) is 4.66. The van der Waals surface area contributed by atoms with E-state index in [4.69, 9.17) is 4.84 Å². The molecule has 1 heterocycles. The molecule has 0 aromatic rings. The van der Waals surface area contributed by atoms with E-state index >= 15 is 0 Å². The maximum atomic E-state index is 5.22. The second-order valence-electron chi connectivity index (χ2n) is 3.07. The zero-order valence-corrected chi connectivity index (χ0v) is 6.77. The van der Waals surface area contributed by atoms with Crippen molar-refractivity contribution in [1.82, 2.24) is 5.32 Å². The number of nitrogens with one attached hydrogen (secondary N) is 1. The molecule has 0 fully saturated rings. The molecule has 58 valence electrons. The van der Waals surface area contributed by atoms with Gasteiger partial charge in [-0.3, -0.25) is 0 Å². The van der Waals surface area contributed by atoms with Crippen LogP contribution in [0.1, 0.15) is 20.3 Å². The molecule has 1 aliphatic rings. The van der Waals surface area contributed by atoms with E-state index in [1.54, 1.807) is 0 Å². The van der Waals surface area contributed by atoms with Crippen LogP contribution >= 0.6 is 0 Å². The molecule has 10 heavy (non-hydrogen) atoms. The van der Waals surface area contributed by atoms with Gasteiger partial charge in [0.2, 0.25) is 0 Å².